The van der Waals surface area contributed by atoms with E-state index in [9.17, 15) is 9.59 Å². The van der Waals surface area contributed by atoms with Crippen LogP contribution in [0.5, 0.6) is 0 Å². The highest BCUT2D eigenvalue weighted by Crippen LogP contribution is 2.33. The highest BCUT2D eigenvalue weighted by Gasteiger charge is 2.35. The maximum atomic E-state index is 13.0. The molecule has 0 aliphatic carbocycles. The van der Waals surface area contributed by atoms with E-state index >= 15 is 0 Å². The minimum atomic E-state index is -0.740. The number of carbonyl (C=O) groups excluding carboxylic acids is 2. The number of nitrogens with zero attached hydrogens (tertiary/aromatic N) is 4. The van der Waals surface area contributed by atoms with Crippen LogP contribution in [0.1, 0.15) is 40.1 Å². The molecule has 1 amide bonds. The van der Waals surface area contributed by atoms with Crippen LogP contribution in [-0.2, 0) is 16.1 Å². The number of ether oxygens (including phenoxy) is 1. The van der Waals surface area contributed by atoms with Crippen LogP contribution in [-0.4, -0.2) is 39.0 Å². The minimum Gasteiger partial charge on any atom is -0.467 e. The third-order valence-corrected chi connectivity index (χ3v) is 5.53. The van der Waals surface area contributed by atoms with Crippen LogP contribution < -0.4 is 0 Å². The van der Waals surface area contributed by atoms with E-state index in [4.69, 9.17) is 25.2 Å². The fourth-order valence-electron chi connectivity index (χ4n) is 3.65. The van der Waals surface area contributed by atoms with Crippen LogP contribution >= 0.6 is 11.6 Å². The van der Waals surface area contributed by atoms with Gasteiger partial charge in [0, 0.05) is 23.8 Å². The first kappa shape index (κ1) is 21.7. The molecule has 1 unspecified atom stereocenters. The zero-order valence-corrected chi connectivity index (χ0v) is 18.6. The first-order valence-electron chi connectivity index (χ1n) is 10.5. The van der Waals surface area contributed by atoms with E-state index in [-0.39, 0.29) is 5.76 Å². The molecule has 9 nitrogen and oxygen atoms in total. The Balaban J connectivity index is 1.26. The fraction of sp³-hybridized carbons (Fsp3) is 0.167. The quantitative estimate of drug-likeness (QED) is 0.367. The molecule has 172 valence electrons. The van der Waals surface area contributed by atoms with E-state index in [0.717, 1.165) is 5.56 Å². The summed E-state index contributed by atoms with van der Waals surface area (Å²) in [7, 11) is 0. The predicted octanol–water partition coefficient (Wildman–Crippen LogP) is 4.31. The molecule has 0 saturated heterocycles. The first-order chi connectivity index (χ1) is 16.6. The lowest BCUT2D eigenvalue weighted by molar-refractivity contribution is -0.136. The lowest BCUT2D eigenvalue weighted by Crippen LogP contribution is -2.31. The van der Waals surface area contributed by atoms with Crippen LogP contribution in [0.2, 0.25) is 5.02 Å². The molecule has 0 bridgehead atoms. The van der Waals surface area contributed by atoms with Crippen LogP contribution in [0.4, 0.5) is 0 Å². The van der Waals surface area contributed by atoms with Gasteiger partial charge in [-0.25, -0.2) is 9.80 Å². The van der Waals surface area contributed by atoms with Crippen LogP contribution in [0.25, 0.3) is 0 Å². The van der Waals surface area contributed by atoms with E-state index in [1.165, 1.54) is 17.3 Å². The molecule has 34 heavy (non-hydrogen) atoms. The van der Waals surface area contributed by atoms with Crippen molar-refractivity contribution in [1.29, 1.82) is 0 Å². The summed E-state index contributed by atoms with van der Waals surface area (Å²) in [6.45, 7) is -0.122. The largest absolute Gasteiger partial charge is 0.467 e. The Bertz CT molecular complexity index is 1310. The summed E-state index contributed by atoms with van der Waals surface area (Å²) in [4.78, 5) is 25.4. The summed E-state index contributed by atoms with van der Waals surface area (Å²) in [5.41, 5.74) is 1.54. The normalized spacial score (nSPS) is 15.4. The van der Waals surface area contributed by atoms with E-state index in [1.807, 2.05) is 12.1 Å². The van der Waals surface area contributed by atoms with Crippen molar-refractivity contribution < 1.29 is 23.2 Å². The van der Waals surface area contributed by atoms with Gasteiger partial charge in [-0.15, -0.1) is 0 Å². The summed E-state index contributed by atoms with van der Waals surface area (Å²) in [5, 5.41) is 10.5. The SMILES string of the molecule is O=C(OCC(=O)N1N=C(c2ccc(Cl)cc2)CC1c1ccco1)c1ccc(Cn2cccn2)o1. The molecular formula is C24H19ClN4O5. The van der Waals surface area contributed by atoms with Crippen molar-refractivity contribution in [2.75, 3.05) is 6.61 Å². The highest BCUT2D eigenvalue weighted by molar-refractivity contribution is 6.30. The van der Waals surface area contributed by atoms with Gasteiger partial charge in [-0.1, -0.05) is 23.7 Å². The second-order valence-corrected chi connectivity index (χ2v) is 8.01. The lowest BCUT2D eigenvalue weighted by Gasteiger charge is -2.19. The van der Waals surface area contributed by atoms with Crippen molar-refractivity contribution >= 4 is 29.2 Å². The predicted molar refractivity (Wildman–Crippen MR) is 121 cm³/mol. The molecule has 1 aliphatic rings. The Hall–Kier alpha value is -4.11. The molecule has 4 heterocycles. The molecule has 0 radical (unpaired) electrons. The van der Waals surface area contributed by atoms with E-state index < -0.39 is 24.5 Å². The van der Waals surface area contributed by atoms with Crippen molar-refractivity contribution in [2.45, 2.75) is 19.0 Å². The number of carbonyl (C=O) groups is 2. The molecule has 10 heteroatoms. The monoisotopic (exact) mass is 478 g/mol. The number of aromatic nitrogens is 2. The second kappa shape index (κ2) is 9.40. The Morgan fingerprint density at radius 1 is 1.12 bits per heavy atom. The second-order valence-electron chi connectivity index (χ2n) is 7.57. The van der Waals surface area contributed by atoms with Gasteiger partial charge in [0.2, 0.25) is 5.76 Å². The average Bonchev–Trinajstić information content (AvgIpc) is 3.65. The van der Waals surface area contributed by atoms with Crippen LogP contribution in [0.15, 0.2) is 87.2 Å². The number of furan rings is 2. The molecule has 0 N–H and O–H groups in total. The molecular weight excluding hydrogens is 460 g/mol. The van der Waals surface area contributed by atoms with Gasteiger partial charge < -0.3 is 13.6 Å². The van der Waals surface area contributed by atoms with E-state index in [2.05, 4.69) is 10.2 Å². The maximum absolute atomic E-state index is 13.0. The van der Waals surface area contributed by atoms with E-state index in [0.29, 0.717) is 35.2 Å². The fourth-order valence-corrected chi connectivity index (χ4v) is 3.78. The molecule has 0 spiro atoms. The smallest absolute Gasteiger partial charge is 0.374 e. The zero-order valence-electron chi connectivity index (χ0n) is 17.8. The third kappa shape index (κ3) is 4.65. The minimum absolute atomic E-state index is 0.00400. The van der Waals surface area contributed by atoms with Crippen molar-refractivity contribution in [3.05, 3.63) is 101 Å². The number of hydrogen-bond donors (Lipinski definition) is 0. The number of hydrogen-bond acceptors (Lipinski definition) is 7. The zero-order chi connectivity index (χ0) is 23.5. The number of esters is 1. The number of amides is 1. The van der Waals surface area contributed by atoms with Crippen LogP contribution in [0, 0.1) is 0 Å². The van der Waals surface area contributed by atoms with Crippen molar-refractivity contribution in [3.8, 4) is 0 Å². The molecule has 5 rings (SSSR count). The molecule has 4 aromatic rings. The summed E-state index contributed by atoms with van der Waals surface area (Å²) < 4.78 is 17.9. The Morgan fingerprint density at radius 3 is 2.71 bits per heavy atom. The third-order valence-electron chi connectivity index (χ3n) is 5.28. The molecule has 0 saturated carbocycles. The molecule has 1 aromatic carbocycles. The van der Waals surface area contributed by atoms with Crippen LogP contribution in [0.3, 0.4) is 0 Å². The van der Waals surface area contributed by atoms with E-state index in [1.54, 1.807) is 53.5 Å². The molecule has 3 aromatic heterocycles. The number of rotatable bonds is 7. The average molecular weight is 479 g/mol. The van der Waals surface area contributed by atoms with Crippen molar-refractivity contribution in [1.82, 2.24) is 14.8 Å². The summed E-state index contributed by atoms with van der Waals surface area (Å²) >= 11 is 5.99. The topological polar surface area (TPSA) is 103 Å². The summed E-state index contributed by atoms with van der Waals surface area (Å²) in [5.74, 6) is -0.0969. The molecule has 0 fully saturated rings. The standard InChI is InChI=1S/C24H19ClN4O5/c25-17-6-4-16(5-7-17)19-13-20(21-3-1-12-32-21)29(27-19)23(30)15-33-24(31)22-9-8-18(34-22)14-28-11-2-10-26-28/h1-12,20H,13-15H2. The van der Waals surface area contributed by atoms with Gasteiger partial charge in [0.25, 0.3) is 5.91 Å². The Kier molecular flexibility index (Phi) is 6.01. The van der Waals surface area contributed by atoms with Crippen molar-refractivity contribution in [2.24, 2.45) is 5.10 Å². The van der Waals surface area contributed by atoms with Gasteiger partial charge >= 0.3 is 5.97 Å². The Morgan fingerprint density at radius 2 is 1.97 bits per heavy atom. The van der Waals surface area contributed by atoms with Gasteiger partial charge in [-0.3, -0.25) is 9.48 Å². The Labute approximate surface area is 199 Å². The lowest BCUT2D eigenvalue weighted by atomic mass is 10.0. The number of benzene rings is 1. The number of hydrazone groups is 1. The van der Waals surface area contributed by atoms with Crippen molar-refractivity contribution in [3.63, 3.8) is 0 Å². The maximum Gasteiger partial charge on any atom is 0.374 e. The number of halogens is 1. The van der Waals surface area contributed by atoms with Gasteiger partial charge in [0.15, 0.2) is 6.61 Å². The molecule has 1 aliphatic heterocycles. The van der Waals surface area contributed by atoms with Gasteiger partial charge in [-0.05, 0) is 48.0 Å². The van der Waals surface area contributed by atoms with Gasteiger partial charge in [0.05, 0.1) is 18.5 Å². The summed E-state index contributed by atoms with van der Waals surface area (Å²) in [6, 6.07) is 15.2. The summed E-state index contributed by atoms with van der Waals surface area (Å²) in [6.07, 6.45) is 5.42. The van der Waals surface area contributed by atoms with Gasteiger partial charge in [0.1, 0.15) is 17.6 Å². The first-order valence-corrected chi connectivity index (χ1v) is 10.9. The van der Waals surface area contributed by atoms with Gasteiger partial charge in [-0.2, -0.15) is 10.2 Å². The molecule has 1 atom stereocenters. The highest BCUT2D eigenvalue weighted by atomic mass is 35.5.